The molecule has 0 fully saturated rings. The Morgan fingerprint density at radius 3 is 2.05 bits per heavy atom. The number of carbonyl (C=O) groups is 1. The topological polar surface area (TPSA) is 105 Å². The Morgan fingerprint density at radius 1 is 1.25 bits per heavy atom. The predicted octanol–water partition coefficient (Wildman–Crippen LogP) is 2.09. The first-order chi connectivity index (χ1) is 8.99. The number of nitrogen functional groups attached to an aromatic ring is 1. The summed E-state index contributed by atoms with van der Waals surface area (Å²) in [6.45, 7) is 10.3. The maximum absolute atomic E-state index is 11.4. The molecule has 0 aliphatic heterocycles. The summed E-state index contributed by atoms with van der Waals surface area (Å²) in [7, 11) is -2.09. The highest BCUT2D eigenvalue weighted by molar-refractivity contribution is 6.74. The molecule has 0 heterocycles. The number of nitrogens with two attached hydrogens (primary N) is 1. The van der Waals surface area contributed by atoms with Crippen molar-refractivity contribution in [3.05, 3.63) is 17.7 Å². The molecule has 7 heteroatoms. The van der Waals surface area contributed by atoms with Gasteiger partial charge in [0.1, 0.15) is 22.8 Å². The van der Waals surface area contributed by atoms with E-state index < -0.39 is 14.2 Å². The van der Waals surface area contributed by atoms with Crippen LogP contribution in [0.5, 0.6) is 17.2 Å². The van der Waals surface area contributed by atoms with Gasteiger partial charge in [0.2, 0.25) is 8.32 Å². The van der Waals surface area contributed by atoms with Gasteiger partial charge in [-0.05, 0) is 18.1 Å². The summed E-state index contributed by atoms with van der Waals surface area (Å²) in [5.41, 5.74) is 1.60. The Morgan fingerprint density at radius 2 is 1.70 bits per heavy atom. The number of nitrogens with one attached hydrogen (secondary N) is 1. The van der Waals surface area contributed by atoms with Crippen LogP contribution in [0.1, 0.15) is 31.1 Å². The molecule has 20 heavy (non-hydrogen) atoms. The highest BCUT2D eigenvalue weighted by atomic mass is 28.4. The molecular formula is C13H22N2O4Si. The van der Waals surface area contributed by atoms with E-state index in [1.165, 1.54) is 12.1 Å². The lowest BCUT2D eigenvalue weighted by Gasteiger charge is -2.36. The largest absolute Gasteiger partial charge is 0.543 e. The number of carbonyl (C=O) groups excluding carboxylic acids is 1. The molecule has 1 rings (SSSR count). The quantitative estimate of drug-likeness (QED) is 0.296. The highest BCUT2D eigenvalue weighted by Crippen LogP contribution is 2.40. The minimum Gasteiger partial charge on any atom is -0.543 e. The van der Waals surface area contributed by atoms with Gasteiger partial charge in [0.15, 0.2) is 0 Å². The van der Waals surface area contributed by atoms with Crippen LogP contribution in [-0.2, 0) is 0 Å². The third kappa shape index (κ3) is 3.23. The van der Waals surface area contributed by atoms with Crippen molar-refractivity contribution in [3.63, 3.8) is 0 Å². The third-order valence-corrected chi connectivity index (χ3v) is 7.97. The van der Waals surface area contributed by atoms with E-state index in [4.69, 9.17) is 10.3 Å². The number of hydrogen-bond acceptors (Lipinski definition) is 5. The summed E-state index contributed by atoms with van der Waals surface area (Å²) < 4.78 is 5.95. The second-order valence-electron chi connectivity index (χ2n) is 6.17. The Hall–Kier alpha value is -1.73. The van der Waals surface area contributed by atoms with Crippen molar-refractivity contribution in [3.8, 4) is 17.2 Å². The number of rotatable bonds is 3. The molecular weight excluding hydrogens is 276 g/mol. The van der Waals surface area contributed by atoms with Gasteiger partial charge >= 0.3 is 0 Å². The van der Waals surface area contributed by atoms with Gasteiger partial charge in [-0.2, -0.15) is 0 Å². The molecule has 5 N–H and O–H groups in total. The Kier molecular flexibility index (Phi) is 4.35. The average Bonchev–Trinajstić information content (AvgIpc) is 2.25. The molecule has 0 aliphatic rings. The minimum absolute atomic E-state index is 0.0223. The molecule has 0 saturated carbocycles. The van der Waals surface area contributed by atoms with E-state index in [1.807, 2.05) is 18.5 Å². The first kappa shape index (κ1) is 16.3. The van der Waals surface area contributed by atoms with Gasteiger partial charge in [-0.1, -0.05) is 20.8 Å². The van der Waals surface area contributed by atoms with Gasteiger partial charge in [-0.3, -0.25) is 10.2 Å². The summed E-state index contributed by atoms with van der Waals surface area (Å²) in [5, 5.41) is 19.6. The fourth-order valence-electron chi connectivity index (χ4n) is 1.40. The summed E-state index contributed by atoms with van der Waals surface area (Å²) in [5.74, 6) is 3.81. The molecule has 0 atom stereocenters. The van der Waals surface area contributed by atoms with Crippen LogP contribution in [-0.4, -0.2) is 24.4 Å². The summed E-state index contributed by atoms with van der Waals surface area (Å²) in [6.07, 6.45) is 0. The molecule has 0 spiro atoms. The number of benzene rings is 1. The number of aromatic hydroxyl groups is 2. The zero-order valence-electron chi connectivity index (χ0n) is 12.4. The molecule has 0 saturated heterocycles. The lowest BCUT2D eigenvalue weighted by atomic mass is 10.1. The van der Waals surface area contributed by atoms with Crippen LogP contribution < -0.4 is 15.7 Å². The second kappa shape index (κ2) is 5.33. The van der Waals surface area contributed by atoms with Crippen LogP contribution in [0.3, 0.4) is 0 Å². The standard InChI is InChI=1S/C13H22N2O4Si/c1-13(2,3)20(4,5)19-8-6-9(16)11(10(17)7-8)12(18)15-14/h6-7,16-17H,14H2,1-5H3,(H,15,18). The molecule has 0 aliphatic carbocycles. The van der Waals surface area contributed by atoms with Crippen molar-refractivity contribution in [1.29, 1.82) is 0 Å². The van der Waals surface area contributed by atoms with Crippen molar-refractivity contribution >= 4 is 14.2 Å². The lowest BCUT2D eigenvalue weighted by Crippen LogP contribution is -2.43. The molecule has 0 unspecified atom stereocenters. The molecule has 1 aromatic carbocycles. The number of hydrazine groups is 1. The van der Waals surface area contributed by atoms with Crippen molar-refractivity contribution in [2.24, 2.45) is 5.84 Å². The van der Waals surface area contributed by atoms with Gasteiger partial charge in [0.25, 0.3) is 5.91 Å². The van der Waals surface area contributed by atoms with Crippen LogP contribution in [0.25, 0.3) is 0 Å². The normalized spacial score (nSPS) is 12.1. The average molecular weight is 298 g/mol. The van der Waals surface area contributed by atoms with E-state index in [9.17, 15) is 15.0 Å². The predicted molar refractivity (Wildman–Crippen MR) is 79.3 cm³/mol. The SMILES string of the molecule is CC(C)(C)[Si](C)(C)Oc1cc(O)c(C(=O)NN)c(O)c1. The Labute approximate surface area is 119 Å². The fraction of sp³-hybridized carbons (Fsp3) is 0.462. The van der Waals surface area contributed by atoms with E-state index in [0.717, 1.165) is 0 Å². The minimum atomic E-state index is -2.09. The van der Waals surface area contributed by atoms with Crippen molar-refractivity contribution in [1.82, 2.24) is 5.43 Å². The molecule has 1 amide bonds. The lowest BCUT2D eigenvalue weighted by molar-refractivity contribution is 0.0948. The first-order valence-corrected chi connectivity index (χ1v) is 9.16. The van der Waals surface area contributed by atoms with Crippen LogP contribution in [0.4, 0.5) is 0 Å². The van der Waals surface area contributed by atoms with Gasteiger partial charge in [0, 0.05) is 12.1 Å². The maximum atomic E-state index is 11.4. The summed E-state index contributed by atoms with van der Waals surface area (Å²) in [4.78, 5) is 11.4. The van der Waals surface area contributed by atoms with Crippen molar-refractivity contribution in [2.75, 3.05) is 0 Å². The highest BCUT2D eigenvalue weighted by Gasteiger charge is 2.39. The molecule has 1 aromatic rings. The van der Waals surface area contributed by atoms with Crippen LogP contribution in [0, 0.1) is 0 Å². The maximum Gasteiger partial charge on any atom is 0.272 e. The molecule has 0 bridgehead atoms. The number of hydrogen-bond donors (Lipinski definition) is 4. The molecule has 0 aromatic heterocycles. The second-order valence-corrected chi connectivity index (χ2v) is 10.9. The first-order valence-electron chi connectivity index (χ1n) is 6.25. The fourth-order valence-corrected chi connectivity index (χ4v) is 2.41. The van der Waals surface area contributed by atoms with E-state index in [-0.39, 0.29) is 22.1 Å². The Balaban J connectivity index is 3.16. The third-order valence-electron chi connectivity index (χ3n) is 3.61. The monoisotopic (exact) mass is 298 g/mol. The van der Waals surface area contributed by atoms with E-state index in [1.54, 1.807) is 0 Å². The van der Waals surface area contributed by atoms with E-state index in [2.05, 4.69) is 20.8 Å². The molecule has 0 radical (unpaired) electrons. The van der Waals surface area contributed by atoms with E-state index >= 15 is 0 Å². The van der Waals surface area contributed by atoms with E-state index in [0.29, 0.717) is 5.75 Å². The van der Waals surface area contributed by atoms with Crippen LogP contribution in [0.2, 0.25) is 18.1 Å². The van der Waals surface area contributed by atoms with Crippen molar-refractivity contribution < 1.29 is 19.4 Å². The number of amides is 1. The van der Waals surface area contributed by atoms with Gasteiger partial charge < -0.3 is 14.6 Å². The van der Waals surface area contributed by atoms with Gasteiger partial charge in [-0.15, -0.1) is 0 Å². The van der Waals surface area contributed by atoms with Crippen molar-refractivity contribution in [2.45, 2.75) is 38.9 Å². The van der Waals surface area contributed by atoms with Crippen LogP contribution in [0.15, 0.2) is 12.1 Å². The number of phenolic OH excluding ortho intramolecular Hbond substituents is 2. The summed E-state index contributed by atoms with van der Waals surface area (Å²) in [6, 6.07) is 2.62. The zero-order chi connectivity index (χ0) is 15.7. The molecule has 112 valence electrons. The number of phenols is 2. The molecule has 6 nitrogen and oxygen atoms in total. The zero-order valence-corrected chi connectivity index (χ0v) is 13.4. The van der Waals surface area contributed by atoms with Gasteiger partial charge in [0.05, 0.1) is 0 Å². The smallest absolute Gasteiger partial charge is 0.272 e. The van der Waals surface area contributed by atoms with Crippen LogP contribution >= 0.6 is 0 Å². The summed E-state index contributed by atoms with van der Waals surface area (Å²) >= 11 is 0. The Bertz CT molecular complexity index is 501. The van der Waals surface area contributed by atoms with Gasteiger partial charge in [-0.25, -0.2) is 5.84 Å².